The van der Waals surface area contributed by atoms with Crippen molar-refractivity contribution in [3.8, 4) is 0 Å². The molecule has 1 fully saturated rings. The first-order valence-electron chi connectivity index (χ1n) is 5.48. The average molecular weight is 249 g/mol. The summed E-state index contributed by atoms with van der Waals surface area (Å²) in [4.78, 5) is 24.2. The van der Waals surface area contributed by atoms with Crippen LogP contribution in [-0.4, -0.2) is 23.5 Å². The van der Waals surface area contributed by atoms with Gasteiger partial charge in [0.2, 0.25) is 5.91 Å². The Hall–Kier alpha value is -2.17. The van der Waals surface area contributed by atoms with Crippen LogP contribution in [0.3, 0.4) is 0 Å². The number of amides is 1. The number of benzene rings is 1. The van der Waals surface area contributed by atoms with E-state index in [1.54, 1.807) is 6.08 Å². The number of carbonyl (C=O) groups excluding carboxylic acids is 1. The number of aromatic carboxylic acids is 1. The minimum Gasteiger partial charge on any atom is -0.478 e. The van der Waals surface area contributed by atoms with Gasteiger partial charge in [0, 0.05) is 18.9 Å². The van der Waals surface area contributed by atoms with Crippen LogP contribution in [0.15, 0.2) is 30.9 Å². The molecule has 5 heteroatoms. The van der Waals surface area contributed by atoms with Crippen molar-refractivity contribution in [2.45, 2.75) is 6.42 Å². The van der Waals surface area contributed by atoms with Gasteiger partial charge >= 0.3 is 5.97 Å². The molecule has 94 valence electrons. The van der Waals surface area contributed by atoms with Gasteiger partial charge in [-0.05, 0) is 18.2 Å². The van der Waals surface area contributed by atoms with E-state index in [1.165, 1.54) is 11.0 Å². The van der Waals surface area contributed by atoms with Crippen LogP contribution in [0, 0.1) is 11.7 Å². The Bertz CT molecular complexity index is 527. The van der Waals surface area contributed by atoms with E-state index in [2.05, 4.69) is 6.58 Å². The van der Waals surface area contributed by atoms with E-state index in [0.717, 1.165) is 12.1 Å². The minimum absolute atomic E-state index is 0.0255. The molecule has 1 atom stereocenters. The Morgan fingerprint density at radius 2 is 2.28 bits per heavy atom. The molecular weight excluding hydrogens is 237 g/mol. The van der Waals surface area contributed by atoms with Crippen LogP contribution < -0.4 is 4.90 Å². The number of carbonyl (C=O) groups is 2. The molecule has 0 bridgehead atoms. The van der Waals surface area contributed by atoms with Gasteiger partial charge in [-0.15, -0.1) is 6.58 Å². The zero-order valence-corrected chi connectivity index (χ0v) is 9.60. The number of rotatable bonds is 3. The molecule has 4 nitrogen and oxygen atoms in total. The van der Waals surface area contributed by atoms with Crippen molar-refractivity contribution in [3.05, 3.63) is 42.2 Å². The van der Waals surface area contributed by atoms with E-state index < -0.39 is 11.8 Å². The van der Waals surface area contributed by atoms with Crippen LogP contribution in [0.4, 0.5) is 10.1 Å². The van der Waals surface area contributed by atoms with Gasteiger partial charge < -0.3 is 10.0 Å². The van der Waals surface area contributed by atoms with Crippen LogP contribution >= 0.6 is 0 Å². The summed E-state index contributed by atoms with van der Waals surface area (Å²) in [5.74, 6) is -1.99. The monoisotopic (exact) mass is 249 g/mol. The second-order valence-corrected chi connectivity index (χ2v) is 4.17. The number of anilines is 1. The zero-order valence-electron chi connectivity index (χ0n) is 9.60. The Morgan fingerprint density at radius 1 is 1.56 bits per heavy atom. The highest BCUT2D eigenvalue weighted by Crippen LogP contribution is 2.29. The number of hydrogen-bond acceptors (Lipinski definition) is 2. The van der Waals surface area contributed by atoms with Gasteiger partial charge in [0.05, 0.1) is 11.3 Å². The predicted molar refractivity (Wildman–Crippen MR) is 64.0 cm³/mol. The maximum Gasteiger partial charge on any atom is 0.337 e. The fourth-order valence-electron chi connectivity index (χ4n) is 2.03. The minimum atomic E-state index is -1.18. The summed E-state index contributed by atoms with van der Waals surface area (Å²) < 4.78 is 13.2. The summed E-state index contributed by atoms with van der Waals surface area (Å²) in [7, 11) is 0. The Kier molecular flexibility index (Phi) is 3.14. The maximum atomic E-state index is 13.2. The lowest BCUT2D eigenvalue weighted by Crippen LogP contribution is -2.26. The number of carboxylic acids is 1. The molecule has 1 aliphatic heterocycles. The quantitative estimate of drug-likeness (QED) is 0.834. The van der Waals surface area contributed by atoms with Crippen molar-refractivity contribution in [2.24, 2.45) is 5.92 Å². The summed E-state index contributed by atoms with van der Waals surface area (Å²) in [6, 6.07) is 3.31. The summed E-state index contributed by atoms with van der Waals surface area (Å²) in [6.45, 7) is 3.95. The van der Waals surface area contributed by atoms with Crippen LogP contribution in [0.25, 0.3) is 0 Å². The largest absolute Gasteiger partial charge is 0.478 e. The smallest absolute Gasteiger partial charge is 0.337 e. The van der Waals surface area contributed by atoms with E-state index in [4.69, 9.17) is 5.11 Å². The lowest BCUT2D eigenvalue weighted by atomic mass is 10.1. The molecule has 0 aromatic heterocycles. The van der Waals surface area contributed by atoms with Crippen LogP contribution in [-0.2, 0) is 4.79 Å². The maximum absolute atomic E-state index is 13.2. The van der Waals surface area contributed by atoms with E-state index >= 15 is 0 Å². The Labute approximate surface area is 103 Å². The molecule has 1 aliphatic rings. The summed E-state index contributed by atoms with van der Waals surface area (Å²) in [5.41, 5.74) is 0.0336. The number of halogens is 1. The highest BCUT2D eigenvalue weighted by molar-refractivity contribution is 6.03. The van der Waals surface area contributed by atoms with Gasteiger partial charge in [-0.2, -0.15) is 0 Å². The average Bonchev–Trinajstić information content (AvgIpc) is 2.70. The highest BCUT2D eigenvalue weighted by Gasteiger charge is 2.31. The molecule has 18 heavy (non-hydrogen) atoms. The van der Waals surface area contributed by atoms with Gasteiger partial charge in [0.25, 0.3) is 0 Å². The normalized spacial score (nSPS) is 19.1. The van der Waals surface area contributed by atoms with Gasteiger partial charge in [-0.3, -0.25) is 4.79 Å². The second kappa shape index (κ2) is 4.60. The van der Waals surface area contributed by atoms with Crippen LogP contribution in [0.5, 0.6) is 0 Å². The third-order valence-corrected chi connectivity index (χ3v) is 2.97. The molecule has 1 heterocycles. The van der Waals surface area contributed by atoms with Gasteiger partial charge in [0.1, 0.15) is 5.82 Å². The third kappa shape index (κ3) is 2.11. The van der Waals surface area contributed by atoms with E-state index in [-0.39, 0.29) is 29.5 Å². The first kappa shape index (κ1) is 12.3. The summed E-state index contributed by atoms with van der Waals surface area (Å²) in [6.07, 6.45) is 1.93. The molecule has 1 unspecified atom stereocenters. The molecule has 1 N–H and O–H groups in total. The molecule has 1 saturated heterocycles. The van der Waals surface area contributed by atoms with Gasteiger partial charge in [-0.1, -0.05) is 6.08 Å². The number of carboxylic acid groups (broad SMARTS) is 1. The number of hydrogen-bond donors (Lipinski definition) is 1. The van der Waals surface area contributed by atoms with Crippen LogP contribution in [0.2, 0.25) is 0 Å². The SMILES string of the molecule is C=CC1CC(=O)N(c2cc(F)ccc2C(=O)O)C1. The molecular formula is C13H12FNO3. The van der Waals surface area contributed by atoms with Crippen LogP contribution in [0.1, 0.15) is 16.8 Å². The lowest BCUT2D eigenvalue weighted by Gasteiger charge is -2.18. The molecule has 1 amide bonds. The highest BCUT2D eigenvalue weighted by atomic mass is 19.1. The van der Waals surface area contributed by atoms with Gasteiger partial charge in [0.15, 0.2) is 0 Å². The van der Waals surface area contributed by atoms with Crippen molar-refractivity contribution >= 4 is 17.6 Å². The third-order valence-electron chi connectivity index (χ3n) is 2.97. The van der Waals surface area contributed by atoms with Crippen molar-refractivity contribution < 1.29 is 19.1 Å². The molecule has 0 saturated carbocycles. The fourth-order valence-corrected chi connectivity index (χ4v) is 2.03. The zero-order chi connectivity index (χ0) is 13.3. The Balaban J connectivity index is 2.44. The summed E-state index contributed by atoms with van der Waals surface area (Å²) in [5, 5.41) is 9.05. The molecule has 0 radical (unpaired) electrons. The molecule has 2 rings (SSSR count). The lowest BCUT2D eigenvalue weighted by molar-refractivity contribution is -0.117. The Morgan fingerprint density at radius 3 is 2.83 bits per heavy atom. The first-order chi connectivity index (χ1) is 8.52. The molecule has 1 aromatic carbocycles. The van der Waals surface area contributed by atoms with E-state index in [9.17, 15) is 14.0 Å². The molecule has 0 aliphatic carbocycles. The van der Waals surface area contributed by atoms with Gasteiger partial charge in [-0.25, -0.2) is 9.18 Å². The van der Waals surface area contributed by atoms with E-state index in [1.807, 2.05) is 0 Å². The summed E-state index contributed by atoms with van der Waals surface area (Å²) >= 11 is 0. The molecule has 1 aromatic rings. The topological polar surface area (TPSA) is 57.6 Å². The van der Waals surface area contributed by atoms with Crippen molar-refractivity contribution in [3.63, 3.8) is 0 Å². The van der Waals surface area contributed by atoms with Crippen molar-refractivity contribution in [1.29, 1.82) is 0 Å². The fraction of sp³-hybridized carbons (Fsp3) is 0.231. The standard InChI is InChI=1S/C13H12FNO3/c1-2-8-5-12(16)15(7-8)11-6-9(14)3-4-10(11)13(17)18/h2-4,6,8H,1,5,7H2,(H,17,18). The van der Waals surface area contributed by atoms with Crippen molar-refractivity contribution in [2.75, 3.05) is 11.4 Å². The molecule has 0 spiro atoms. The van der Waals surface area contributed by atoms with Crippen molar-refractivity contribution in [1.82, 2.24) is 0 Å². The second-order valence-electron chi connectivity index (χ2n) is 4.17. The number of nitrogens with zero attached hydrogens (tertiary/aromatic N) is 1. The van der Waals surface area contributed by atoms with E-state index in [0.29, 0.717) is 6.54 Å². The first-order valence-corrected chi connectivity index (χ1v) is 5.48. The predicted octanol–water partition coefficient (Wildman–Crippen LogP) is 2.06.